The molecule has 1 aliphatic heterocycles. The van der Waals surface area contributed by atoms with Gasteiger partial charge in [0.15, 0.2) is 34.5 Å². The molecular formula is C45H62O11. The van der Waals surface area contributed by atoms with Gasteiger partial charge in [0.1, 0.15) is 18.8 Å². The fourth-order valence-corrected chi connectivity index (χ4v) is 15.3. The molecule has 0 amide bonds. The van der Waals surface area contributed by atoms with Gasteiger partial charge in [-0.2, -0.15) is 0 Å². The molecule has 0 radical (unpaired) electrons. The number of ketones is 4. The number of hydrogen-bond acceptors (Lipinski definition) is 11. The highest BCUT2D eigenvalue weighted by Gasteiger charge is 2.77. The van der Waals surface area contributed by atoms with Crippen molar-refractivity contribution in [2.24, 2.45) is 57.2 Å². The van der Waals surface area contributed by atoms with Crippen molar-refractivity contribution in [2.75, 3.05) is 13.2 Å². The molecule has 308 valence electrons. The maximum atomic E-state index is 13.2. The maximum Gasteiger partial charge on any atom is 0.193 e. The molecule has 1 saturated heterocycles. The third kappa shape index (κ3) is 5.26. The minimum absolute atomic E-state index is 0.0167. The summed E-state index contributed by atoms with van der Waals surface area (Å²) in [5, 5.41) is 53.0. The van der Waals surface area contributed by atoms with Crippen LogP contribution in [0.15, 0.2) is 35.5 Å². The fraction of sp³-hybridized carbons (Fsp3) is 0.778. The van der Waals surface area contributed by atoms with Crippen molar-refractivity contribution in [1.29, 1.82) is 0 Å². The summed E-state index contributed by atoms with van der Waals surface area (Å²) in [4.78, 5) is 49.4. The molecule has 6 saturated carbocycles. The Labute approximate surface area is 330 Å². The first kappa shape index (κ1) is 40.4. The third-order valence-corrected chi connectivity index (χ3v) is 17.7. The molecule has 7 fully saturated rings. The molecule has 1 heterocycles. The lowest BCUT2D eigenvalue weighted by atomic mass is 9.45. The van der Waals surface area contributed by atoms with Gasteiger partial charge in [-0.25, -0.2) is 0 Å². The van der Waals surface area contributed by atoms with Gasteiger partial charge >= 0.3 is 0 Å². The zero-order valence-corrected chi connectivity index (χ0v) is 33.9. The summed E-state index contributed by atoms with van der Waals surface area (Å²) in [5.74, 6) is -0.807. The largest absolute Gasteiger partial charge is 0.393 e. The quantitative estimate of drug-likeness (QED) is 0.277. The van der Waals surface area contributed by atoms with Crippen LogP contribution in [-0.4, -0.2) is 97.2 Å². The Morgan fingerprint density at radius 2 is 1.39 bits per heavy atom. The number of aliphatic hydroxyl groups is 5. The first-order valence-corrected chi connectivity index (χ1v) is 21.1. The number of rotatable bonds is 4. The molecule has 0 aromatic heterocycles. The third-order valence-electron chi connectivity index (χ3n) is 17.7. The van der Waals surface area contributed by atoms with E-state index >= 15 is 0 Å². The topological polar surface area (TPSA) is 188 Å². The number of fused-ring (bicyclic) bond motifs is 12. The van der Waals surface area contributed by atoms with Crippen molar-refractivity contribution in [1.82, 2.24) is 0 Å². The minimum atomic E-state index is -1.54. The molecule has 0 spiro atoms. The number of allylic oxidation sites excluding steroid dienone is 5. The summed E-state index contributed by atoms with van der Waals surface area (Å²) in [6.07, 6.45) is 12.8. The van der Waals surface area contributed by atoms with E-state index in [-0.39, 0.29) is 63.7 Å². The van der Waals surface area contributed by atoms with Crippen molar-refractivity contribution in [3.63, 3.8) is 0 Å². The van der Waals surface area contributed by atoms with Crippen LogP contribution in [0.5, 0.6) is 0 Å². The molecule has 9 rings (SSSR count). The van der Waals surface area contributed by atoms with Crippen LogP contribution >= 0.6 is 0 Å². The molecule has 9 aliphatic rings. The number of carbonyl (C=O) groups excluding carboxylic acids is 4. The molecule has 11 heteroatoms. The zero-order chi connectivity index (χ0) is 40.6. The molecule has 0 aromatic rings. The standard InChI is InChI=1S/C24H32O6.C21H30O5/c1-21(2)29-19-10-16-15-6-5-13-9-14(26)7-8-22(13,3)20(15)17(27)11-23(16,4)24(19,30-21)18(28)12-25;1-19-7-5-13(23)9-12(19)3-4-14-15-6-8-21(26,17(25)11-22)20(15,2)10-16(24)18(14)19/h7-9,15-17,19-20,25,27H,5-6,10-12H2,1-4H3;9,14-16,18,22,24,26H,3-8,10-11H2,1-2H3/t15-,16-,17-,19+,20+,22-,23-,24+;14-,15-,16-,18+,19-,20-,21-/m00/s1. The average Bonchev–Trinajstić information content (AvgIpc) is 3.67. The average molecular weight is 779 g/mol. The van der Waals surface area contributed by atoms with Crippen LogP contribution in [0.25, 0.3) is 0 Å². The van der Waals surface area contributed by atoms with E-state index in [0.29, 0.717) is 32.1 Å². The van der Waals surface area contributed by atoms with Gasteiger partial charge < -0.3 is 35.0 Å². The van der Waals surface area contributed by atoms with Gasteiger partial charge in [0.05, 0.1) is 18.3 Å². The molecule has 0 unspecified atom stereocenters. The number of Topliss-reactive ketones (excluding diaryl/α,β-unsaturated/α-hetero) is 2. The lowest BCUT2D eigenvalue weighted by molar-refractivity contribution is -0.225. The van der Waals surface area contributed by atoms with Gasteiger partial charge in [-0.1, -0.05) is 44.9 Å². The summed E-state index contributed by atoms with van der Waals surface area (Å²) < 4.78 is 12.6. The highest BCUT2D eigenvalue weighted by atomic mass is 16.8. The number of carbonyl (C=O) groups is 4. The first-order chi connectivity index (χ1) is 26.2. The monoisotopic (exact) mass is 778 g/mol. The van der Waals surface area contributed by atoms with Gasteiger partial charge in [0, 0.05) is 28.6 Å². The lowest BCUT2D eigenvalue weighted by Crippen LogP contribution is -2.63. The summed E-state index contributed by atoms with van der Waals surface area (Å²) in [6, 6.07) is 0. The maximum absolute atomic E-state index is 13.2. The molecule has 15 atom stereocenters. The second-order valence-electron chi connectivity index (χ2n) is 20.4. The van der Waals surface area contributed by atoms with Gasteiger partial charge in [-0.05, 0) is 131 Å². The highest BCUT2D eigenvalue weighted by molar-refractivity contribution is 6.01. The first-order valence-electron chi connectivity index (χ1n) is 21.1. The van der Waals surface area contributed by atoms with Crippen LogP contribution in [0.2, 0.25) is 0 Å². The normalized spacial score (nSPS) is 50.7. The summed E-state index contributed by atoms with van der Waals surface area (Å²) in [5.41, 5.74) is -2.35. The summed E-state index contributed by atoms with van der Waals surface area (Å²) in [7, 11) is 0. The van der Waals surface area contributed by atoms with E-state index < -0.39 is 65.1 Å². The van der Waals surface area contributed by atoms with Gasteiger partial charge in [0.2, 0.25) is 0 Å². The van der Waals surface area contributed by atoms with Crippen LogP contribution in [0.4, 0.5) is 0 Å². The van der Waals surface area contributed by atoms with Gasteiger partial charge in [-0.3, -0.25) is 19.2 Å². The van der Waals surface area contributed by atoms with Crippen molar-refractivity contribution >= 4 is 23.1 Å². The summed E-state index contributed by atoms with van der Waals surface area (Å²) >= 11 is 0. The van der Waals surface area contributed by atoms with Crippen molar-refractivity contribution in [2.45, 2.75) is 147 Å². The van der Waals surface area contributed by atoms with Crippen molar-refractivity contribution in [3.05, 3.63) is 35.5 Å². The van der Waals surface area contributed by atoms with E-state index in [4.69, 9.17) is 9.47 Å². The predicted octanol–water partition coefficient (Wildman–Crippen LogP) is 4.11. The van der Waals surface area contributed by atoms with E-state index in [9.17, 15) is 44.7 Å². The second-order valence-corrected chi connectivity index (χ2v) is 20.4. The van der Waals surface area contributed by atoms with Crippen LogP contribution in [0.1, 0.15) is 112 Å². The van der Waals surface area contributed by atoms with Crippen LogP contribution in [-0.2, 0) is 28.7 Å². The zero-order valence-electron chi connectivity index (χ0n) is 33.9. The molecular weight excluding hydrogens is 716 g/mol. The van der Waals surface area contributed by atoms with E-state index in [1.54, 1.807) is 32.1 Å². The molecule has 0 bridgehead atoms. The Bertz CT molecular complexity index is 1810. The molecule has 8 aliphatic carbocycles. The molecule has 11 nitrogen and oxygen atoms in total. The van der Waals surface area contributed by atoms with Crippen LogP contribution in [0, 0.1) is 57.2 Å². The Hall–Kier alpha value is -2.38. The van der Waals surface area contributed by atoms with Crippen LogP contribution in [0.3, 0.4) is 0 Å². The number of hydrogen-bond donors (Lipinski definition) is 5. The molecule has 56 heavy (non-hydrogen) atoms. The van der Waals surface area contributed by atoms with Crippen LogP contribution < -0.4 is 0 Å². The van der Waals surface area contributed by atoms with E-state index in [1.165, 1.54) is 5.57 Å². The smallest absolute Gasteiger partial charge is 0.193 e. The Morgan fingerprint density at radius 1 is 0.768 bits per heavy atom. The van der Waals surface area contributed by atoms with Crippen molar-refractivity contribution < 1.29 is 54.2 Å². The van der Waals surface area contributed by atoms with Gasteiger partial charge in [-0.15, -0.1) is 0 Å². The second kappa shape index (κ2) is 13.1. The highest BCUT2D eigenvalue weighted by Crippen LogP contribution is 2.71. The lowest BCUT2D eigenvalue weighted by Gasteiger charge is -2.60. The Morgan fingerprint density at radius 3 is 2.07 bits per heavy atom. The summed E-state index contributed by atoms with van der Waals surface area (Å²) in [6.45, 7) is 10.6. The Balaban J connectivity index is 0.000000159. The minimum Gasteiger partial charge on any atom is -0.393 e. The van der Waals surface area contributed by atoms with E-state index in [2.05, 4.69) is 13.8 Å². The van der Waals surface area contributed by atoms with E-state index in [1.807, 2.05) is 19.9 Å². The van der Waals surface area contributed by atoms with E-state index in [0.717, 1.165) is 44.1 Å². The number of ether oxygens (including phenoxy) is 2. The fourth-order valence-electron chi connectivity index (χ4n) is 15.3. The SMILES string of the molecule is CC1(C)O[C@@H]2C[C@H]3[C@@H]4CCC5=CC(=O)C=C[C@]5(C)[C@H]4[C@@H](O)C[C@]3(C)[C@]2(C(=O)CO)O1.C[C@]12CCC(=O)C=C1CC[C@@H]1[C@@H]2[C@@H](O)C[C@@]2(C)[C@H]1CC[C@]2(O)C(=O)CO. The number of aliphatic hydroxyl groups excluding tert-OH is 4. The van der Waals surface area contributed by atoms with Crippen molar-refractivity contribution in [3.8, 4) is 0 Å². The Kier molecular flexibility index (Phi) is 9.42. The molecule has 5 N–H and O–H groups in total. The van der Waals surface area contributed by atoms with Gasteiger partial charge in [0.25, 0.3) is 0 Å². The predicted molar refractivity (Wildman–Crippen MR) is 203 cm³/mol. The molecule has 0 aromatic carbocycles.